The van der Waals surface area contributed by atoms with Gasteiger partial charge in [-0.25, -0.2) is 0 Å². The Kier molecular flexibility index (Phi) is 19.8. The van der Waals surface area contributed by atoms with Crippen LogP contribution >= 0.6 is 0 Å². The van der Waals surface area contributed by atoms with Crippen LogP contribution in [0.15, 0.2) is 0 Å². The number of ether oxygens (including phenoxy) is 3. The fourth-order valence-electron chi connectivity index (χ4n) is 2.39. The fraction of sp³-hybridized carbons (Fsp3) is 0.947. The molecule has 144 valence electrons. The number of hydrogen-bond donors (Lipinski definition) is 1. The van der Waals surface area contributed by atoms with Gasteiger partial charge < -0.3 is 19.3 Å². The van der Waals surface area contributed by atoms with E-state index in [9.17, 15) is 4.79 Å². The molecular formula is C19H38O5. The van der Waals surface area contributed by atoms with Crippen LogP contribution in [0, 0.1) is 0 Å². The lowest BCUT2D eigenvalue weighted by Crippen LogP contribution is -2.11. The van der Waals surface area contributed by atoms with E-state index >= 15 is 0 Å². The van der Waals surface area contributed by atoms with Gasteiger partial charge in [0.1, 0.15) is 0 Å². The highest BCUT2D eigenvalue weighted by Crippen LogP contribution is 2.10. The van der Waals surface area contributed by atoms with Gasteiger partial charge in [-0.1, -0.05) is 64.7 Å². The van der Waals surface area contributed by atoms with Crippen LogP contribution in [0.3, 0.4) is 0 Å². The van der Waals surface area contributed by atoms with Gasteiger partial charge in [0.05, 0.1) is 39.5 Å². The van der Waals surface area contributed by atoms with Crippen molar-refractivity contribution >= 4 is 5.97 Å². The molecule has 0 fully saturated rings. The molecule has 0 aromatic heterocycles. The molecule has 0 saturated heterocycles. The van der Waals surface area contributed by atoms with Gasteiger partial charge >= 0.3 is 5.97 Å². The molecule has 0 heterocycles. The Hall–Kier alpha value is -0.650. The minimum atomic E-state index is -0.837. The molecule has 0 rings (SSSR count). The number of carbonyl (C=O) groups is 1. The molecule has 0 unspecified atom stereocenters. The summed E-state index contributed by atoms with van der Waals surface area (Å²) in [7, 11) is 0. The average molecular weight is 347 g/mol. The Morgan fingerprint density at radius 1 is 0.625 bits per heavy atom. The second kappa shape index (κ2) is 20.4. The third kappa shape index (κ3) is 21.4. The van der Waals surface area contributed by atoms with Crippen molar-refractivity contribution in [2.24, 2.45) is 0 Å². The van der Waals surface area contributed by atoms with Crippen molar-refractivity contribution in [3.8, 4) is 0 Å². The van der Waals surface area contributed by atoms with Crippen LogP contribution in [-0.2, 0) is 19.0 Å². The van der Waals surface area contributed by atoms with Gasteiger partial charge in [0, 0.05) is 6.61 Å². The summed E-state index contributed by atoms with van der Waals surface area (Å²) in [5.41, 5.74) is 0. The SMILES string of the molecule is CCCCCCCCCCCCOCCOCCOCCC(=O)O. The summed E-state index contributed by atoms with van der Waals surface area (Å²) in [5.74, 6) is -0.837. The summed E-state index contributed by atoms with van der Waals surface area (Å²) >= 11 is 0. The van der Waals surface area contributed by atoms with Crippen molar-refractivity contribution in [1.82, 2.24) is 0 Å². The van der Waals surface area contributed by atoms with Crippen LogP contribution in [0.4, 0.5) is 0 Å². The normalized spacial score (nSPS) is 11.0. The second-order valence-corrected chi connectivity index (χ2v) is 6.16. The molecule has 0 bridgehead atoms. The summed E-state index contributed by atoms with van der Waals surface area (Å²) < 4.78 is 16.0. The molecule has 24 heavy (non-hydrogen) atoms. The Labute approximate surface area is 148 Å². The Bertz CT molecular complexity index is 258. The zero-order valence-electron chi connectivity index (χ0n) is 15.6. The molecular weight excluding hydrogens is 308 g/mol. The van der Waals surface area contributed by atoms with Gasteiger partial charge in [-0.2, -0.15) is 0 Å². The zero-order chi connectivity index (χ0) is 17.7. The summed E-state index contributed by atoms with van der Waals surface area (Å²) in [5, 5.41) is 8.43. The van der Waals surface area contributed by atoms with E-state index in [0.717, 1.165) is 13.0 Å². The van der Waals surface area contributed by atoms with E-state index < -0.39 is 5.97 Å². The van der Waals surface area contributed by atoms with Crippen molar-refractivity contribution in [1.29, 1.82) is 0 Å². The van der Waals surface area contributed by atoms with Gasteiger partial charge in [-0.15, -0.1) is 0 Å². The Morgan fingerprint density at radius 2 is 1.04 bits per heavy atom. The number of rotatable bonds is 20. The van der Waals surface area contributed by atoms with E-state index in [2.05, 4.69) is 6.92 Å². The van der Waals surface area contributed by atoms with Crippen molar-refractivity contribution in [3.63, 3.8) is 0 Å². The smallest absolute Gasteiger partial charge is 0.305 e. The predicted octanol–water partition coefficient (Wildman–Crippen LogP) is 4.43. The standard InChI is InChI=1S/C19H38O5/c1-2-3-4-5-6-7-8-9-10-11-13-22-15-17-24-18-16-23-14-12-19(20)21/h2-18H2,1H3,(H,20,21). The highest BCUT2D eigenvalue weighted by atomic mass is 16.5. The first-order chi connectivity index (χ1) is 11.8. The van der Waals surface area contributed by atoms with Gasteiger partial charge in [-0.05, 0) is 6.42 Å². The summed E-state index contributed by atoms with van der Waals surface area (Å²) in [6.45, 7) is 5.43. The molecule has 1 N–H and O–H groups in total. The maximum absolute atomic E-state index is 10.3. The van der Waals surface area contributed by atoms with Gasteiger partial charge in [0.2, 0.25) is 0 Å². The van der Waals surface area contributed by atoms with E-state index in [1.807, 2.05) is 0 Å². The first-order valence-corrected chi connectivity index (χ1v) is 9.72. The molecule has 0 aromatic carbocycles. The summed E-state index contributed by atoms with van der Waals surface area (Å²) in [6, 6.07) is 0. The highest BCUT2D eigenvalue weighted by molar-refractivity contribution is 5.66. The molecule has 5 nitrogen and oxygen atoms in total. The lowest BCUT2D eigenvalue weighted by Gasteiger charge is -2.06. The Morgan fingerprint density at radius 3 is 1.54 bits per heavy atom. The lowest BCUT2D eigenvalue weighted by molar-refractivity contribution is -0.138. The van der Waals surface area contributed by atoms with Gasteiger partial charge in [0.25, 0.3) is 0 Å². The number of aliphatic carboxylic acids is 1. The lowest BCUT2D eigenvalue weighted by atomic mass is 10.1. The predicted molar refractivity (Wildman–Crippen MR) is 96.6 cm³/mol. The first-order valence-electron chi connectivity index (χ1n) is 9.72. The quantitative estimate of drug-likeness (QED) is 0.330. The van der Waals surface area contributed by atoms with Crippen molar-refractivity contribution in [2.75, 3.05) is 39.6 Å². The third-order valence-corrected chi connectivity index (χ3v) is 3.85. The molecule has 0 spiro atoms. The minimum Gasteiger partial charge on any atom is -0.481 e. The topological polar surface area (TPSA) is 65.0 Å². The van der Waals surface area contributed by atoms with E-state index in [1.165, 1.54) is 57.8 Å². The van der Waals surface area contributed by atoms with E-state index in [-0.39, 0.29) is 13.0 Å². The maximum atomic E-state index is 10.3. The maximum Gasteiger partial charge on any atom is 0.305 e. The fourth-order valence-corrected chi connectivity index (χ4v) is 2.39. The van der Waals surface area contributed by atoms with E-state index in [1.54, 1.807) is 0 Å². The molecule has 0 radical (unpaired) electrons. The molecule has 0 aliphatic carbocycles. The first kappa shape index (κ1) is 23.4. The number of unbranched alkanes of at least 4 members (excludes halogenated alkanes) is 9. The molecule has 0 saturated carbocycles. The Balaban J connectivity index is 2.97. The van der Waals surface area contributed by atoms with Crippen LogP contribution in [0.5, 0.6) is 0 Å². The summed E-state index contributed by atoms with van der Waals surface area (Å²) in [4.78, 5) is 10.3. The van der Waals surface area contributed by atoms with Crippen LogP contribution in [0.2, 0.25) is 0 Å². The van der Waals surface area contributed by atoms with E-state index in [4.69, 9.17) is 19.3 Å². The van der Waals surface area contributed by atoms with Crippen LogP contribution in [0.1, 0.15) is 77.6 Å². The molecule has 5 heteroatoms. The molecule has 0 aliphatic rings. The summed E-state index contributed by atoms with van der Waals surface area (Å²) in [6.07, 6.45) is 13.4. The van der Waals surface area contributed by atoms with Crippen molar-refractivity contribution in [2.45, 2.75) is 77.6 Å². The molecule has 0 atom stereocenters. The highest BCUT2D eigenvalue weighted by Gasteiger charge is 1.96. The van der Waals surface area contributed by atoms with Crippen molar-refractivity contribution < 1.29 is 24.1 Å². The van der Waals surface area contributed by atoms with Crippen molar-refractivity contribution in [3.05, 3.63) is 0 Å². The number of hydrogen-bond acceptors (Lipinski definition) is 4. The monoisotopic (exact) mass is 346 g/mol. The molecule has 0 amide bonds. The van der Waals surface area contributed by atoms with Gasteiger partial charge in [-0.3, -0.25) is 4.79 Å². The molecule has 0 aromatic rings. The van der Waals surface area contributed by atoms with E-state index in [0.29, 0.717) is 26.4 Å². The van der Waals surface area contributed by atoms with Crippen LogP contribution in [0.25, 0.3) is 0 Å². The second-order valence-electron chi connectivity index (χ2n) is 6.16. The average Bonchev–Trinajstić information content (AvgIpc) is 2.56. The van der Waals surface area contributed by atoms with Crippen LogP contribution in [-0.4, -0.2) is 50.7 Å². The van der Waals surface area contributed by atoms with Gasteiger partial charge in [0.15, 0.2) is 0 Å². The molecule has 0 aliphatic heterocycles. The minimum absolute atomic E-state index is 0.0436. The number of carboxylic acids is 1. The van der Waals surface area contributed by atoms with Crippen LogP contribution < -0.4 is 0 Å². The third-order valence-electron chi connectivity index (χ3n) is 3.85. The largest absolute Gasteiger partial charge is 0.481 e. The zero-order valence-corrected chi connectivity index (χ0v) is 15.6. The number of carboxylic acid groups (broad SMARTS) is 1.